The first kappa shape index (κ1) is 18.8. The van der Waals surface area contributed by atoms with E-state index in [0.717, 1.165) is 0 Å². The number of methoxy groups -OCH3 is 1. The van der Waals surface area contributed by atoms with Crippen LogP contribution in [0.1, 0.15) is 26.3 Å². The Bertz CT molecular complexity index is 552. The summed E-state index contributed by atoms with van der Waals surface area (Å²) in [6, 6.07) is 5.91. The van der Waals surface area contributed by atoms with Gasteiger partial charge in [0.05, 0.1) is 13.2 Å². The summed E-state index contributed by atoms with van der Waals surface area (Å²) in [5, 5.41) is 21.2. The zero-order chi connectivity index (χ0) is 17.6. The molecule has 1 amide bonds. The Hall–Kier alpha value is -2.28. The van der Waals surface area contributed by atoms with Crippen LogP contribution in [0.15, 0.2) is 24.3 Å². The molecule has 0 heterocycles. The van der Waals surface area contributed by atoms with Gasteiger partial charge in [0, 0.05) is 0 Å². The molecule has 0 radical (unpaired) electrons. The van der Waals surface area contributed by atoms with E-state index in [4.69, 9.17) is 14.6 Å². The molecule has 1 aromatic carbocycles. The highest BCUT2D eigenvalue weighted by Crippen LogP contribution is 2.16. The molecule has 0 fully saturated rings. The van der Waals surface area contributed by atoms with Crippen molar-refractivity contribution >= 4 is 12.1 Å². The van der Waals surface area contributed by atoms with Crippen LogP contribution in [0.25, 0.3) is 0 Å². The number of aliphatic hydroxyl groups is 1. The topological polar surface area (TPSA) is 105 Å². The van der Waals surface area contributed by atoms with Crippen LogP contribution in [0, 0.1) is 0 Å². The molecule has 0 aliphatic carbocycles. The third-order valence-corrected chi connectivity index (χ3v) is 2.93. The van der Waals surface area contributed by atoms with Crippen molar-refractivity contribution in [3.8, 4) is 5.75 Å². The van der Waals surface area contributed by atoms with Gasteiger partial charge in [-0.15, -0.1) is 0 Å². The Kier molecular flexibility index (Phi) is 6.38. The summed E-state index contributed by atoms with van der Waals surface area (Å²) >= 11 is 0. The molecule has 0 aromatic heterocycles. The molecule has 1 rings (SSSR count). The Labute approximate surface area is 135 Å². The number of ether oxygens (including phenoxy) is 2. The number of alkyl carbamates (subject to hydrolysis) is 1. The number of hydrogen-bond acceptors (Lipinski definition) is 5. The minimum Gasteiger partial charge on any atom is -0.497 e. The smallest absolute Gasteiger partial charge is 0.407 e. The van der Waals surface area contributed by atoms with Gasteiger partial charge >= 0.3 is 12.1 Å². The molecule has 0 bridgehead atoms. The summed E-state index contributed by atoms with van der Waals surface area (Å²) in [6.07, 6.45) is -2.43. The van der Waals surface area contributed by atoms with E-state index < -0.39 is 29.8 Å². The highest BCUT2D eigenvalue weighted by Gasteiger charge is 2.29. The SMILES string of the molecule is COc1cccc(C[C@H](NC(=O)OC(C)(C)C)[C@H](O)C(=O)O)c1. The number of nitrogens with one attached hydrogen (secondary N) is 1. The maximum absolute atomic E-state index is 11.8. The van der Waals surface area contributed by atoms with Crippen molar-refractivity contribution in [3.05, 3.63) is 29.8 Å². The fourth-order valence-corrected chi connectivity index (χ4v) is 1.93. The molecule has 7 nitrogen and oxygen atoms in total. The molecular formula is C16H23NO6. The molecule has 3 N–H and O–H groups in total. The van der Waals surface area contributed by atoms with Crippen molar-refractivity contribution in [1.82, 2.24) is 5.32 Å². The first-order valence-corrected chi connectivity index (χ1v) is 7.15. The highest BCUT2D eigenvalue weighted by molar-refractivity contribution is 5.75. The minimum absolute atomic E-state index is 0.115. The number of hydrogen-bond donors (Lipinski definition) is 3. The van der Waals surface area contributed by atoms with Gasteiger partial charge in [-0.2, -0.15) is 0 Å². The van der Waals surface area contributed by atoms with E-state index in [1.54, 1.807) is 45.0 Å². The van der Waals surface area contributed by atoms with Gasteiger partial charge in [-0.1, -0.05) is 12.1 Å². The number of benzene rings is 1. The van der Waals surface area contributed by atoms with Crippen molar-refractivity contribution < 1.29 is 29.3 Å². The summed E-state index contributed by atoms with van der Waals surface area (Å²) < 4.78 is 10.2. The largest absolute Gasteiger partial charge is 0.497 e. The van der Waals surface area contributed by atoms with Gasteiger partial charge < -0.3 is 25.0 Å². The van der Waals surface area contributed by atoms with Crippen LogP contribution >= 0.6 is 0 Å². The lowest BCUT2D eigenvalue weighted by Crippen LogP contribution is -2.49. The summed E-state index contributed by atoms with van der Waals surface area (Å²) in [5.74, 6) is -0.822. The van der Waals surface area contributed by atoms with Gasteiger partial charge in [0.1, 0.15) is 11.4 Å². The molecule has 1 aromatic rings. The van der Waals surface area contributed by atoms with Crippen LogP contribution in [0.3, 0.4) is 0 Å². The van der Waals surface area contributed by atoms with E-state index in [-0.39, 0.29) is 6.42 Å². The molecule has 7 heteroatoms. The van der Waals surface area contributed by atoms with E-state index in [1.807, 2.05) is 0 Å². The Morgan fingerprint density at radius 2 is 1.96 bits per heavy atom. The van der Waals surface area contributed by atoms with Crippen LogP contribution < -0.4 is 10.1 Å². The zero-order valence-corrected chi connectivity index (χ0v) is 13.7. The van der Waals surface area contributed by atoms with Gasteiger partial charge in [-0.05, 0) is 44.9 Å². The number of carboxylic acid groups (broad SMARTS) is 1. The van der Waals surface area contributed by atoms with Crippen molar-refractivity contribution in [1.29, 1.82) is 0 Å². The quantitative estimate of drug-likeness (QED) is 0.733. The fourth-order valence-electron chi connectivity index (χ4n) is 1.93. The van der Waals surface area contributed by atoms with Gasteiger partial charge in [-0.3, -0.25) is 0 Å². The van der Waals surface area contributed by atoms with E-state index >= 15 is 0 Å². The first-order chi connectivity index (χ1) is 10.6. The lowest BCUT2D eigenvalue weighted by atomic mass is 10.0. The average molecular weight is 325 g/mol. The third kappa shape index (κ3) is 6.56. The Morgan fingerprint density at radius 1 is 1.30 bits per heavy atom. The van der Waals surface area contributed by atoms with Crippen molar-refractivity contribution in [3.63, 3.8) is 0 Å². The molecular weight excluding hydrogens is 302 g/mol. The van der Waals surface area contributed by atoms with Gasteiger partial charge in [0.2, 0.25) is 0 Å². The van der Waals surface area contributed by atoms with Crippen molar-refractivity contribution in [2.75, 3.05) is 7.11 Å². The summed E-state index contributed by atoms with van der Waals surface area (Å²) in [5.41, 5.74) is -0.00982. The van der Waals surface area contributed by atoms with E-state index in [0.29, 0.717) is 11.3 Å². The molecule has 0 saturated heterocycles. The van der Waals surface area contributed by atoms with E-state index in [9.17, 15) is 14.7 Å². The molecule has 0 saturated carbocycles. The molecule has 0 aliphatic heterocycles. The van der Waals surface area contributed by atoms with Gasteiger partial charge in [0.15, 0.2) is 6.10 Å². The molecule has 128 valence electrons. The molecule has 23 heavy (non-hydrogen) atoms. The predicted molar refractivity (Wildman–Crippen MR) is 83.5 cm³/mol. The van der Waals surface area contributed by atoms with Crippen LogP contribution in [-0.2, 0) is 16.0 Å². The molecule has 2 atom stereocenters. The van der Waals surface area contributed by atoms with Crippen LogP contribution in [0.5, 0.6) is 5.75 Å². The normalized spacial score (nSPS) is 13.8. The number of aliphatic hydroxyl groups excluding tert-OH is 1. The third-order valence-electron chi connectivity index (χ3n) is 2.93. The Balaban J connectivity index is 2.88. The number of rotatable bonds is 6. The van der Waals surface area contributed by atoms with Crippen LogP contribution in [0.4, 0.5) is 4.79 Å². The van der Waals surface area contributed by atoms with Crippen molar-refractivity contribution in [2.45, 2.75) is 44.9 Å². The second kappa shape index (κ2) is 7.82. The maximum Gasteiger partial charge on any atom is 0.407 e. The number of carboxylic acids is 1. The first-order valence-electron chi connectivity index (χ1n) is 7.15. The van der Waals surface area contributed by atoms with Gasteiger partial charge in [-0.25, -0.2) is 9.59 Å². The van der Waals surface area contributed by atoms with E-state index in [2.05, 4.69) is 5.32 Å². The van der Waals surface area contributed by atoms with Crippen LogP contribution in [-0.4, -0.2) is 47.1 Å². The maximum atomic E-state index is 11.8. The number of carbonyl (C=O) groups excluding carboxylic acids is 1. The Morgan fingerprint density at radius 3 is 2.48 bits per heavy atom. The molecule has 0 spiro atoms. The minimum atomic E-state index is -1.76. The second-order valence-corrected chi connectivity index (χ2v) is 6.09. The fraction of sp³-hybridized carbons (Fsp3) is 0.500. The predicted octanol–water partition coefficient (Wildman–Crippen LogP) is 1.58. The lowest BCUT2D eigenvalue weighted by Gasteiger charge is -2.25. The molecule has 0 aliphatic rings. The lowest BCUT2D eigenvalue weighted by molar-refractivity contribution is -0.148. The second-order valence-electron chi connectivity index (χ2n) is 6.09. The monoisotopic (exact) mass is 325 g/mol. The average Bonchev–Trinajstić information content (AvgIpc) is 2.43. The number of amides is 1. The summed E-state index contributed by atoms with van der Waals surface area (Å²) in [7, 11) is 1.52. The van der Waals surface area contributed by atoms with Crippen LogP contribution in [0.2, 0.25) is 0 Å². The highest BCUT2D eigenvalue weighted by atomic mass is 16.6. The summed E-state index contributed by atoms with van der Waals surface area (Å²) in [6.45, 7) is 5.08. The van der Waals surface area contributed by atoms with Crippen molar-refractivity contribution in [2.24, 2.45) is 0 Å². The molecule has 0 unspecified atom stereocenters. The number of aliphatic carboxylic acids is 1. The van der Waals surface area contributed by atoms with E-state index in [1.165, 1.54) is 7.11 Å². The standard InChI is InChI=1S/C16H23NO6/c1-16(2,3)23-15(21)17-12(13(18)14(19)20)9-10-6-5-7-11(8-10)22-4/h5-8,12-13,18H,9H2,1-4H3,(H,17,21)(H,19,20)/t12-,13-/m0/s1. The zero-order valence-electron chi connectivity index (χ0n) is 13.7. The van der Waals surface area contributed by atoms with Gasteiger partial charge in [0.25, 0.3) is 0 Å². The summed E-state index contributed by atoms with van der Waals surface area (Å²) in [4.78, 5) is 22.9. The number of carbonyl (C=O) groups is 2.